The van der Waals surface area contributed by atoms with Crippen LogP contribution in [0, 0.1) is 11.8 Å². The summed E-state index contributed by atoms with van der Waals surface area (Å²) in [6, 6.07) is 1.87. The van der Waals surface area contributed by atoms with Crippen molar-refractivity contribution < 1.29 is 14.1 Å². The van der Waals surface area contributed by atoms with Gasteiger partial charge >= 0.3 is 0 Å². The lowest BCUT2D eigenvalue weighted by atomic mass is 9.88. The molecule has 2 aliphatic heterocycles. The van der Waals surface area contributed by atoms with Crippen molar-refractivity contribution in [2.45, 2.75) is 63.8 Å². The summed E-state index contributed by atoms with van der Waals surface area (Å²) >= 11 is 0. The second-order valence-corrected chi connectivity index (χ2v) is 8.66. The molecule has 1 saturated carbocycles. The first kappa shape index (κ1) is 19.4. The third-order valence-electron chi connectivity index (χ3n) is 6.59. The second-order valence-electron chi connectivity index (χ2n) is 8.66. The summed E-state index contributed by atoms with van der Waals surface area (Å²) in [6.07, 6.45) is 6.84. The Labute approximate surface area is 166 Å². The van der Waals surface area contributed by atoms with Gasteiger partial charge in [-0.05, 0) is 63.5 Å². The molecule has 0 radical (unpaired) electrons. The topological polar surface area (TPSA) is 87.5 Å². The van der Waals surface area contributed by atoms with Gasteiger partial charge in [-0.1, -0.05) is 12.1 Å². The summed E-state index contributed by atoms with van der Waals surface area (Å²) in [6.45, 7) is 5.63. The summed E-state index contributed by atoms with van der Waals surface area (Å²) in [7, 11) is 0. The average Bonchev–Trinajstić information content (AvgIpc) is 3.45. The van der Waals surface area contributed by atoms with E-state index in [1.165, 1.54) is 0 Å². The lowest BCUT2D eigenvalue weighted by molar-refractivity contribution is -0.134. The normalized spacial score (nSPS) is 26.2. The molecule has 1 aromatic heterocycles. The maximum atomic E-state index is 12.7. The molecule has 2 N–H and O–H groups in total. The van der Waals surface area contributed by atoms with Crippen LogP contribution in [0.1, 0.15) is 74.0 Å². The van der Waals surface area contributed by atoms with Crippen LogP contribution in [0.4, 0.5) is 0 Å². The maximum Gasteiger partial charge on any atom is 0.273 e. The quantitative estimate of drug-likeness (QED) is 0.781. The highest BCUT2D eigenvalue weighted by Gasteiger charge is 2.33. The molecule has 154 valence electrons. The first-order valence-electron chi connectivity index (χ1n) is 10.9. The van der Waals surface area contributed by atoms with E-state index in [4.69, 9.17) is 4.52 Å². The smallest absolute Gasteiger partial charge is 0.273 e. The number of hydrogen-bond donors (Lipinski definition) is 2. The van der Waals surface area contributed by atoms with Crippen LogP contribution in [-0.2, 0) is 4.79 Å². The van der Waals surface area contributed by atoms with Gasteiger partial charge in [0, 0.05) is 37.5 Å². The number of nitrogens with zero attached hydrogens (tertiary/aromatic N) is 2. The highest BCUT2D eigenvalue weighted by atomic mass is 16.5. The Morgan fingerprint density at radius 2 is 2.04 bits per heavy atom. The molecule has 1 aliphatic carbocycles. The van der Waals surface area contributed by atoms with Crippen molar-refractivity contribution in [3.05, 3.63) is 17.5 Å². The van der Waals surface area contributed by atoms with Crippen molar-refractivity contribution in [3.8, 4) is 0 Å². The molecule has 4 rings (SSSR count). The van der Waals surface area contributed by atoms with Crippen LogP contribution in [0.2, 0.25) is 0 Å². The number of carbonyl (C=O) groups is 2. The summed E-state index contributed by atoms with van der Waals surface area (Å²) in [5.74, 6) is 2.19. The minimum Gasteiger partial charge on any atom is -0.360 e. The molecule has 7 nitrogen and oxygen atoms in total. The molecule has 0 aromatic carbocycles. The Kier molecular flexibility index (Phi) is 5.99. The molecule has 7 heteroatoms. The first-order valence-corrected chi connectivity index (χ1v) is 10.9. The molecule has 28 heavy (non-hydrogen) atoms. The van der Waals surface area contributed by atoms with Crippen LogP contribution >= 0.6 is 0 Å². The van der Waals surface area contributed by atoms with E-state index < -0.39 is 0 Å². The summed E-state index contributed by atoms with van der Waals surface area (Å²) < 4.78 is 5.30. The fourth-order valence-corrected chi connectivity index (χ4v) is 4.52. The Bertz CT molecular complexity index is 694. The molecule has 3 aliphatic rings. The van der Waals surface area contributed by atoms with Crippen LogP contribution in [-0.4, -0.2) is 54.1 Å². The summed E-state index contributed by atoms with van der Waals surface area (Å²) in [4.78, 5) is 27.3. The Hall–Kier alpha value is -1.89. The number of amides is 2. The highest BCUT2D eigenvalue weighted by Crippen LogP contribution is 2.40. The molecule has 0 bridgehead atoms. The molecule has 0 unspecified atom stereocenters. The van der Waals surface area contributed by atoms with Crippen LogP contribution in [0.5, 0.6) is 0 Å². The third-order valence-corrected chi connectivity index (χ3v) is 6.59. The van der Waals surface area contributed by atoms with Gasteiger partial charge in [0.25, 0.3) is 5.91 Å². The number of rotatable bonds is 6. The zero-order valence-electron chi connectivity index (χ0n) is 16.8. The van der Waals surface area contributed by atoms with E-state index in [0.29, 0.717) is 24.0 Å². The maximum absolute atomic E-state index is 12.7. The fourth-order valence-electron chi connectivity index (χ4n) is 4.52. The van der Waals surface area contributed by atoms with E-state index >= 15 is 0 Å². The standard InChI is InChI=1S/C21H32N4O3/c1-2-15-13-25(20(26)11-14-5-8-22-9-6-14)10-7-17(15)23-21(27)18-12-19(28-24-18)16-3-4-16/h12,14-17,22H,2-11,13H2,1H3,(H,23,27)/t15-,17-/m0/s1. The van der Waals surface area contributed by atoms with Crippen molar-refractivity contribution in [3.63, 3.8) is 0 Å². The zero-order valence-corrected chi connectivity index (χ0v) is 16.8. The summed E-state index contributed by atoms with van der Waals surface area (Å²) in [5.41, 5.74) is 0.376. The molecule has 3 heterocycles. The van der Waals surface area contributed by atoms with Gasteiger partial charge in [-0.25, -0.2) is 0 Å². The average molecular weight is 389 g/mol. The van der Waals surface area contributed by atoms with Gasteiger partial charge in [-0.3, -0.25) is 9.59 Å². The first-order chi connectivity index (χ1) is 13.6. The second kappa shape index (κ2) is 8.64. The molecule has 2 saturated heterocycles. The minimum atomic E-state index is -0.159. The SMILES string of the molecule is CC[C@H]1CN(C(=O)CC2CCNCC2)CC[C@@H]1NC(=O)c1cc(C2CC2)on1. The number of hydrogen-bond acceptors (Lipinski definition) is 5. The van der Waals surface area contributed by atoms with Crippen LogP contribution < -0.4 is 10.6 Å². The highest BCUT2D eigenvalue weighted by molar-refractivity contribution is 5.92. The Morgan fingerprint density at radius 3 is 2.75 bits per heavy atom. The van der Waals surface area contributed by atoms with Gasteiger partial charge in [0.05, 0.1) is 0 Å². The van der Waals surface area contributed by atoms with Crippen molar-refractivity contribution in [1.82, 2.24) is 20.7 Å². The molecule has 2 amide bonds. The largest absolute Gasteiger partial charge is 0.360 e. The van der Waals surface area contributed by atoms with Gasteiger partial charge < -0.3 is 20.1 Å². The van der Waals surface area contributed by atoms with Gasteiger partial charge in [0.1, 0.15) is 5.76 Å². The van der Waals surface area contributed by atoms with E-state index in [-0.39, 0.29) is 23.8 Å². The van der Waals surface area contributed by atoms with Crippen LogP contribution in [0.3, 0.4) is 0 Å². The van der Waals surface area contributed by atoms with E-state index in [2.05, 4.69) is 22.7 Å². The van der Waals surface area contributed by atoms with Crippen molar-refractivity contribution in [2.75, 3.05) is 26.2 Å². The number of nitrogens with one attached hydrogen (secondary N) is 2. The predicted molar refractivity (Wildman–Crippen MR) is 105 cm³/mol. The number of piperidine rings is 2. The van der Waals surface area contributed by atoms with E-state index in [1.807, 2.05) is 4.90 Å². The third kappa shape index (κ3) is 4.57. The molecule has 3 fully saturated rings. The monoisotopic (exact) mass is 388 g/mol. The van der Waals surface area contributed by atoms with E-state index in [9.17, 15) is 9.59 Å². The van der Waals surface area contributed by atoms with Gasteiger partial charge in [-0.2, -0.15) is 0 Å². The molecular formula is C21H32N4O3. The molecule has 2 atom stereocenters. The van der Waals surface area contributed by atoms with Crippen molar-refractivity contribution in [2.24, 2.45) is 11.8 Å². The molecule has 0 spiro atoms. The van der Waals surface area contributed by atoms with Crippen molar-refractivity contribution >= 4 is 11.8 Å². The van der Waals surface area contributed by atoms with Gasteiger partial charge in [0.15, 0.2) is 5.69 Å². The van der Waals surface area contributed by atoms with Crippen LogP contribution in [0.15, 0.2) is 10.6 Å². The van der Waals surface area contributed by atoms with Gasteiger partial charge in [-0.15, -0.1) is 0 Å². The molecule has 1 aromatic rings. The van der Waals surface area contributed by atoms with E-state index in [1.54, 1.807) is 6.07 Å². The predicted octanol–water partition coefficient (Wildman–Crippen LogP) is 2.30. The molecular weight excluding hydrogens is 356 g/mol. The van der Waals surface area contributed by atoms with E-state index in [0.717, 1.165) is 70.5 Å². The Balaban J connectivity index is 1.29. The lowest BCUT2D eigenvalue weighted by Gasteiger charge is -2.39. The zero-order chi connectivity index (χ0) is 19.5. The van der Waals surface area contributed by atoms with Gasteiger partial charge in [0.2, 0.25) is 5.91 Å². The van der Waals surface area contributed by atoms with Crippen molar-refractivity contribution in [1.29, 1.82) is 0 Å². The minimum absolute atomic E-state index is 0.0847. The fraction of sp³-hybridized carbons (Fsp3) is 0.762. The number of carbonyl (C=O) groups excluding carboxylic acids is 2. The number of aromatic nitrogens is 1. The number of likely N-dealkylation sites (tertiary alicyclic amines) is 1. The summed E-state index contributed by atoms with van der Waals surface area (Å²) in [5, 5.41) is 10.4. The Morgan fingerprint density at radius 1 is 1.25 bits per heavy atom. The van der Waals surface area contributed by atoms with Crippen LogP contribution in [0.25, 0.3) is 0 Å². The lowest BCUT2D eigenvalue weighted by Crippen LogP contribution is -2.52.